The highest BCUT2D eigenvalue weighted by Gasteiger charge is 2.28. The summed E-state index contributed by atoms with van der Waals surface area (Å²) in [6.45, 7) is 29.2. The summed E-state index contributed by atoms with van der Waals surface area (Å²) in [4.78, 5) is 0. The van der Waals surface area contributed by atoms with Crippen LogP contribution in [0.3, 0.4) is 0 Å². The molecule has 6 rings (SSSR count). The van der Waals surface area contributed by atoms with Gasteiger partial charge >= 0.3 is 0 Å². The average molecular weight is 763 g/mol. The van der Waals surface area contributed by atoms with Gasteiger partial charge in [-0.1, -0.05) is 132 Å². The molecule has 0 spiro atoms. The Bertz CT molecular complexity index is 1820. The SMILES string of the molecule is CC(C)(C)c1cc2c(O)c(c1)Cc1cc(C(C)(C)C)cc3c1OCCOCCOCCOc1c(cc(C(C)(C)C)cc1Cc1cc(C(C)(C)C)cc(c1O)C3)C2. The summed E-state index contributed by atoms with van der Waals surface area (Å²) in [5, 5.41) is 24.8. The van der Waals surface area contributed by atoms with Crippen LogP contribution in [0.25, 0.3) is 0 Å². The molecule has 6 nitrogen and oxygen atoms in total. The molecule has 1 aliphatic heterocycles. The van der Waals surface area contributed by atoms with Gasteiger partial charge in [-0.25, -0.2) is 0 Å². The fourth-order valence-electron chi connectivity index (χ4n) is 7.74. The van der Waals surface area contributed by atoms with Gasteiger partial charge in [-0.15, -0.1) is 0 Å². The Hall–Kier alpha value is -4.00. The number of phenolic OH excluding ortho intramolecular Hbond substituents is 2. The third-order valence-corrected chi connectivity index (χ3v) is 11.3. The van der Waals surface area contributed by atoms with Crippen LogP contribution in [0.15, 0.2) is 48.5 Å². The van der Waals surface area contributed by atoms with Crippen molar-refractivity contribution in [3.63, 3.8) is 0 Å². The van der Waals surface area contributed by atoms with Gasteiger partial charge in [-0.2, -0.15) is 0 Å². The first-order chi connectivity index (χ1) is 26.1. The summed E-state index contributed by atoms with van der Waals surface area (Å²) in [6, 6.07) is 17.7. The summed E-state index contributed by atoms with van der Waals surface area (Å²) in [5.41, 5.74) is 11.5. The zero-order chi connectivity index (χ0) is 40.8. The molecule has 0 aromatic heterocycles. The van der Waals surface area contributed by atoms with Gasteiger partial charge < -0.3 is 29.2 Å². The van der Waals surface area contributed by atoms with Crippen LogP contribution < -0.4 is 9.47 Å². The van der Waals surface area contributed by atoms with Crippen molar-refractivity contribution < 1.29 is 29.2 Å². The van der Waals surface area contributed by atoms with Crippen LogP contribution >= 0.6 is 0 Å². The average Bonchev–Trinajstić information content (AvgIpc) is 3.07. The second-order valence-electron chi connectivity index (χ2n) is 20.2. The second-order valence-corrected chi connectivity index (χ2v) is 20.2. The van der Waals surface area contributed by atoms with Crippen molar-refractivity contribution in [2.75, 3.05) is 39.6 Å². The van der Waals surface area contributed by atoms with Gasteiger partial charge in [0.15, 0.2) is 0 Å². The van der Waals surface area contributed by atoms with Crippen molar-refractivity contribution in [3.8, 4) is 23.0 Å². The molecule has 302 valence electrons. The number of benzene rings is 4. The Balaban J connectivity index is 1.75. The first-order valence-corrected chi connectivity index (χ1v) is 20.5. The largest absolute Gasteiger partial charge is 0.507 e. The lowest BCUT2D eigenvalue weighted by Gasteiger charge is -2.28. The van der Waals surface area contributed by atoms with Gasteiger partial charge in [0.2, 0.25) is 0 Å². The summed E-state index contributed by atoms with van der Waals surface area (Å²) in [5.74, 6) is 2.16. The minimum Gasteiger partial charge on any atom is -0.507 e. The third-order valence-electron chi connectivity index (χ3n) is 11.3. The van der Waals surface area contributed by atoms with Crippen molar-refractivity contribution in [1.82, 2.24) is 0 Å². The van der Waals surface area contributed by atoms with Crippen LogP contribution in [0.4, 0.5) is 0 Å². The fourth-order valence-corrected chi connectivity index (χ4v) is 7.74. The van der Waals surface area contributed by atoms with Gasteiger partial charge in [0.05, 0.1) is 26.4 Å². The van der Waals surface area contributed by atoms with Crippen LogP contribution in [0.1, 0.15) is 150 Å². The van der Waals surface area contributed by atoms with Crippen LogP contribution in [0.5, 0.6) is 23.0 Å². The Kier molecular flexibility index (Phi) is 11.7. The molecular weight excluding hydrogens is 697 g/mol. The Morgan fingerprint density at radius 2 is 0.554 bits per heavy atom. The molecular formula is C50H66O6. The molecule has 0 fully saturated rings. The molecule has 0 saturated carbocycles. The maximum Gasteiger partial charge on any atom is 0.126 e. The number of ether oxygens (including phenoxy) is 4. The molecule has 10 bridgehead atoms. The molecule has 0 radical (unpaired) electrons. The number of fused-ring (bicyclic) bond motifs is 2. The molecule has 0 saturated heterocycles. The number of aromatic hydroxyl groups is 2. The van der Waals surface area contributed by atoms with E-state index in [9.17, 15) is 10.2 Å². The summed E-state index contributed by atoms with van der Waals surface area (Å²) in [7, 11) is 0. The van der Waals surface area contributed by atoms with Gasteiger partial charge in [0.1, 0.15) is 36.2 Å². The van der Waals surface area contributed by atoms with Crippen LogP contribution in [-0.4, -0.2) is 49.9 Å². The molecule has 2 aliphatic rings. The van der Waals surface area contributed by atoms with Gasteiger partial charge in [-0.3, -0.25) is 0 Å². The Morgan fingerprint density at radius 3 is 0.786 bits per heavy atom. The lowest BCUT2D eigenvalue weighted by Crippen LogP contribution is -2.17. The van der Waals surface area contributed by atoms with Gasteiger partial charge in [0.25, 0.3) is 0 Å². The molecule has 6 heteroatoms. The normalized spacial score (nSPS) is 16.1. The first kappa shape index (κ1) is 41.6. The van der Waals surface area contributed by atoms with Crippen LogP contribution in [0.2, 0.25) is 0 Å². The maximum absolute atomic E-state index is 12.4. The Labute approximate surface area is 336 Å². The van der Waals surface area contributed by atoms with Gasteiger partial charge in [-0.05, 0) is 88.4 Å². The monoisotopic (exact) mass is 762 g/mol. The van der Waals surface area contributed by atoms with Crippen LogP contribution in [0, 0.1) is 0 Å². The maximum atomic E-state index is 12.4. The van der Waals surface area contributed by atoms with E-state index in [0.717, 1.165) is 67.1 Å². The van der Waals surface area contributed by atoms with Crippen LogP contribution in [-0.2, 0) is 56.8 Å². The third kappa shape index (κ3) is 9.40. The molecule has 0 atom stereocenters. The summed E-state index contributed by atoms with van der Waals surface area (Å²) >= 11 is 0. The molecule has 4 aromatic carbocycles. The predicted octanol–water partition coefficient (Wildman–Crippen LogP) is 10.8. The number of phenols is 2. The zero-order valence-electron chi connectivity index (χ0n) is 36.2. The van der Waals surface area contributed by atoms with E-state index in [1.807, 2.05) is 0 Å². The second kappa shape index (κ2) is 15.7. The van der Waals surface area contributed by atoms with E-state index in [4.69, 9.17) is 18.9 Å². The summed E-state index contributed by atoms with van der Waals surface area (Å²) in [6.07, 6.45) is 1.89. The summed E-state index contributed by atoms with van der Waals surface area (Å²) < 4.78 is 25.5. The minimum absolute atomic E-state index is 0.164. The molecule has 56 heavy (non-hydrogen) atoms. The molecule has 0 unspecified atom stereocenters. The Morgan fingerprint density at radius 1 is 0.339 bits per heavy atom. The molecule has 0 amide bonds. The molecule has 1 heterocycles. The van der Waals surface area contributed by atoms with Crippen molar-refractivity contribution >= 4 is 0 Å². The molecule has 1 aliphatic carbocycles. The number of hydrogen-bond acceptors (Lipinski definition) is 6. The highest BCUT2D eigenvalue weighted by atomic mass is 16.6. The molecule has 2 N–H and O–H groups in total. The van der Waals surface area contributed by atoms with E-state index in [-0.39, 0.29) is 21.7 Å². The number of rotatable bonds is 0. The van der Waals surface area contributed by atoms with Crippen molar-refractivity contribution in [1.29, 1.82) is 0 Å². The lowest BCUT2D eigenvalue weighted by molar-refractivity contribution is 0.0270. The topological polar surface area (TPSA) is 77.4 Å². The fraction of sp³-hybridized carbons (Fsp3) is 0.520. The quantitative estimate of drug-likeness (QED) is 0.164. The smallest absolute Gasteiger partial charge is 0.126 e. The van der Waals surface area contributed by atoms with E-state index < -0.39 is 0 Å². The lowest BCUT2D eigenvalue weighted by atomic mass is 9.79. The van der Waals surface area contributed by atoms with Crippen molar-refractivity contribution in [2.45, 2.75) is 130 Å². The minimum atomic E-state index is -0.164. The first-order valence-electron chi connectivity index (χ1n) is 20.5. The highest BCUT2D eigenvalue weighted by molar-refractivity contribution is 5.59. The standard InChI is InChI=1S/C50H66O6/c1-47(2,3)39-23-31-19-35-27-41(49(7,8)9)29-37-21-33-25-40(48(4,5)6)26-34(44(33)52)22-38-30-42(50(10,11)12)28-36(20-32(24-39)43(31)51)46(38)56-18-16-54-14-13-53-15-17-55-45(35)37/h23-30,51-52H,13-22H2,1-12H3. The van der Waals surface area contributed by atoms with E-state index in [0.29, 0.717) is 76.8 Å². The highest BCUT2D eigenvalue weighted by Crippen LogP contribution is 2.43. The van der Waals surface area contributed by atoms with E-state index in [1.165, 1.54) is 11.1 Å². The van der Waals surface area contributed by atoms with Gasteiger partial charge in [0, 0.05) is 25.7 Å². The van der Waals surface area contributed by atoms with Crippen molar-refractivity contribution in [3.05, 3.63) is 115 Å². The van der Waals surface area contributed by atoms with Crippen molar-refractivity contribution in [2.24, 2.45) is 0 Å². The van der Waals surface area contributed by atoms with E-state index in [2.05, 4.69) is 132 Å². The molecule has 4 aromatic rings. The van der Waals surface area contributed by atoms with E-state index >= 15 is 0 Å². The zero-order valence-corrected chi connectivity index (χ0v) is 36.2. The number of hydrogen-bond donors (Lipinski definition) is 2. The predicted molar refractivity (Wildman–Crippen MR) is 228 cm³/mol. The van der Waals surface area contributed by atoms with E-state index in [1.54, 1.807) is 0 Å².